The van der Waals surface area contributed by atoms with Crippen molar-refractivity contribution in [1.29, 1.82) is 0 Å². The summed E-state index contributed by atoms with van der Waals surface area (Å²) >= 11 is 0. The molecule has 164 valence electrons. The van der Waals surface area contributed by atoms with Gasteiger partial charge in [-0.3, -0.25) is 9.59 Å². The van der Waals surface area contributed by atoms with Crippen LogP contribution in [-0.2, 0) is 19.1 Å². The first kappa shape index (κ1) is 26.6. The van der Waals surface area contributed by atoms with Crippen LogP contribution in [0.4, 0.5) is 0 Å². The van der Waals surface area contributed by atoms with Crippen molar-refractivity contribution in [1.82, 2.24) is 0 Å². The number of aliphatic carboxylic acids is 1. The molecular weight excluding hydrogens is 358 g/mol. The zero-order valence-corrected chi connectivity index (χ0v) is 17.8. The summed E-state index contributed by atoms with van der Waals surface area (Å²) < 4.78 is 4.73. The fraction of sp³-hybridized carbons (Fsp3) is 0.864. The van der Waals surface area contributed by atoms with Gasteiger partial charge >= 0.3 is 17.9 Å². The number of ether oxygens (including phenoxy) is 1. The van der Waals surface area contributed by atoms with E-state index in [2.05, 4.69) is 6.92 Å². The van der Waals surface area contributed by atoms with Crippen molar-refractivity contribution in [3.05, 3.63) is 0 Å². The number of carboxylic acid groups (broad SMARTS) is 1. The molecule has 0 aliphatic rings. The molecule has 28 heavy (non-hydrogen) atoms. The van der Waals surface area contributed by atoms with Crippen LogP contribution in [0.15, 0.2) is 0 Å². The summed E-state index contributed by atoms with van der Waals surface area (Å²) in [6.45, 7) is 2.24. The molecule has 0 bridgehead atoms. The second-order valence-electron chi connectivity index (χ2n) is 7.68. The van der Waals surface area contributed by atoms with Gasteiger partial charge in [0.1, 0.15) is 6.04 Å². The van der Waals surface area contributed by atoms with Crippen LogP contribution in [0.2, 0.25) is 0 Å². The highest BCUT2D eigenvalue weighted by molar-refractivity contribution is 5.88. The molecule has 6 heteroatoms. The van der Waals surface area contributed by atoms with E-state index in [9.17, 15) is 14.4 Å². The third kappa shape index (κ3) is 18.0. The molecule has 0 aliphatic heterocycles. The Hall–Kier alpha value is -1.43. The van der Waals surface area contributed by atoms with Crippen LogP contribution >= 0.6 is 0 Å². The Morgan fingerprint density at radius 3 is 1.71 bits per heavy atom. The quantitative estimate of drug-likeness (QED) is 0.177. The normalized spacial score (nSPS) is 11.9. The molecule has 0 saturated heterocycles. The second kappa shape index (κ2) is 18.9. The first-order valence-corrected chi connectivity index (χ1v) is 11.2. The van der Waals surface area contributed by atoms with Crippen molar-refractivity contribution in [3.8, 4) is 0 Å². The summed E-state index contributed by atoms with van der Waals surface area (Å²) in [6.07, 6.45) is 16.3. The lowest BCUT2D eigenvalue weighted by Crippen LogP contribution is -2.33. The van der Waals surface area contributed by atoms with Crippen LogP contribution in [0.5, 0.6) is 0 Å². The molecule has 0 spiro atoms. The summed E-state index contributed by atoms with van der Waals surface area (Å²) in [5.74, 6) is -2.19. The monoisotopic (exact) mass is 399 g/mol. The van der Waals surface area contributed by atoms with E-state index in [1.54, 1.807) is 0 Å². The van der Waals surface area contributed by atoms with Crippen molar-refractivity contribution in [2.45, 2.75) is 122 Å². The molecule has 0 heterocycles. The van der Waals surface area contributed by atoms with Crippen LogP contribution in [0.25, 0.3) is 0 Å². The largest absolute Gasteiger partial charge is 0.481 e. The van der Waals surface area contributed by atoms with Gasteiger partial charge in [-0.1, -0.05) is 84.0 Å². The number of rotatable bonds is 19. The van der Waals surface area contributed by atoms with Gasteiger partial charge in [0.05, 0.1) is 0 Å². The molecule has 0 aliphatic carbocycles. The molecular formula is C22H41NO5. The van der Waals surface area contributed by atoms with Crippen molar-refractivity contribution < 1.29 is 24.2 Å². The van der Waals surface area contributed by atoms with Gasteiger partial charge in [0.25, 0.3) is 0 Å². The average Bonchev–Trinajstić information content (AvgIpc) is 2.65. The van der Waals surface area contributed by atoms with Crippen molar-refractivity contribution in [2.24, 2.45) is 5.73 Å². The molecule has 0 aromatic heterocycles. The number of unbranched alkanes of at least 4 members (excludes halogenated alkanes) is 12. The zero-order chi connectivity index (χ0) is 21.0. The number of carboxylic acids is 1. The maximum absolute atomic E-state index is 11.8. The highest BCUT2D eigenvalue weighted by Crippen LogP contribution is 2.13. The number of carbonyl (C=O) groups is 3. The van der Waals surface area contributed by atoms with Gasteiger partial charge in [-0.25, -0.2) is 4.79 Å². The van der Waals surface area contributed by atoms with E-state index in [1.807, 2.05) is 0 Å². The van der Waals surface area contributed by atoms with E-state index in [1.165, 1.54) is 57.8 Å². The molecule has 6 nitrogen and oxygen atoms in total. The number of hydrogen-bond donors (Lipinski definition) is 2. The third-order valence-electron chi connectivity index (χ3n) is 4.91. The highest BCUT2D eigenvalue weighted by Gasteiger charge is 2.18. The number of hydrogen-bond acceptors (Lipinski definition) is 5. The number of nitrogens with two attached hydrogens (primary N) is 1. The summed E-state index contributed by atoms with van der Waals surface area (Å²) in [7, 11) is 0. The topological polar surface area (TPSA) is 107 Å². The Bertz CT molecular complexity index is 425. The van der Waals surface area contributed by atoms with Crippen molar-refractivity contribution in [2.75, 3.05) is 0 Å². The van der Waals surface area contributed by atoms with E-state index in [-0.39, 0.29) is 12.8 Å². The molecule has 3 N–H and O–H groups in total. The molecule has 0 saturated carbocycles. The first-order chi connectivity index (χ1) is 13.5. The van der Waals surface area contributed by atoms with Gasteiger partial charge in [-0.2, -0.15) is 0 Å². The molecule has 0 rings (SSSR count). The van der Waals surface area contributed by atoms with Crippen LogP contribution in [0.1, 0.15) is 116 Å². The lowest BCUT2D eigenvalue weighted by Gasteiger charge is -2.10. The van der Waals surface area contributed by atoms with Crippen LogP contribution < -0.4 is 5.73 Å². The Morgan fingerprint density at radius 2 is 1.21 bits per heavy atom. The fourth-order valence-electron chi connectivity index (χ4n) is 3.11. The summed E-state index contributed by atoms with van der Waals surface area (Å²) in [5.41, 5.74) is 5.79. The standard InChI is InChI=1S/C22H41NO5/c1-2-3-4-5-6-7-8-9-10-11-12-13-16-19(23)22(27)28-21(26)18-15-14-17-20(24)25/h19H,2-18,23H2,1H3,(H,24,25). The van der Waals surface area contributed by atoms with E-state index in [0.717, 1.165) is 19.3 Å². The Labute approximate surface area is 170 Å². The van der Waals surface area contributed by atoms with Crippen molar-refractivity contribution >= 4 is 17.9 Å². The predicted molar refractivity (Wildman–Crippen MR) is 111 cm³/mol. The van der Waals surface area contributed by atoms with Gasteiger partial charge in [0, 0.05) is 12.8 Å². The summed E-state index contributed by atoms with van der Waals surface area (Å²) in [4.78, 5) is 33.7. The van der Waals surface area contributed by atoms with Crippen molar-refractivity contribution in [3.63, 3.8) is 0 Å². The molecule has 1 atom stereocenters. The van der Waals surface area contributed by atoms with Crippen LogP contribution in [0, 0.1) is 0 Å². The first-order valence-electron chi connectivity index (χ1n) is 11.2. The van der Waals surface area contributed by atoms with E-state index in [4.69, 9.17) is 15.6 Å². The van der Waals surface area contributed by atoms with E-state index in [0.29, 0.717) is 19.3 Å². The van der Waals surface area contributed by atoms with Gasteiger partial charge < -0.3 is 15.6 Å². The van der Waals surface area contributed by atoms with Gasteiger partial charge in [0.15, 0.2) is 0 Å². The van der Waals surface area contributed by atoms with Gasteiger partial charge in [0.2, 0.25) is 0 Å². The van der Waals surface area contributed by atoms with E-state index < -0.39 is 23.9 Å². The number of carbonyl (C=O) groups excluding carboxylic acids is 2. The Morgan fingerprint density at radius 1 is 0.750 bits per heavy atom. The van der Waals surface area contributed by atoms with Gasteiger partial charge in [-0.15, -0.1) is 0 Å². The SMILES string of the molecule is CCCCCCCCCCCCCCC(N)C(=O)OC(=O)CCCCC(=O)O. The van der Waals surface area contributed by atoms with E-state index >= 15 is 0 Å². The second-order valence-corrected chi connectivity index (χ2v) is 7.68. The molecule has 0 aromatic rings. The molecule has 0 fully saturated rings. The smallest absolute Gasteiger partial charge is 0.330 e. The lowest BCUT2D eigenvalue weighted by molar-refractivity contribution is -0.161. The third-order valence-corrected chi connectivity index (χ3v) is 4.91. The predicted octanol–water partition coefficient (Wildman–Crippen LogP) is 5.12. The Balaban J connectivity index is 3.49. The fourth-order valence-corrected chi connectivity index (χ4v) is 3.11. The van der Waals surface area contributed by atoms with Gasteiger partial charge in [-0.05, 0) is 19.3 Å². The average molecular weight is 400 g/mol. The van der Waals surface area contributed by atoms with Crippen LogP contribution in [0.3, 0.4) is 0 Å². The summed E-state index contributed by atoms with van der Waals surface area (Å²) in [6, 6.07) is -0.758. The summed E-state index contributed by atoms with van der Waals surface area (Å²) in [5, 5.41) is 8.52. The maximum atomic E-state index is 11.8. The zero-order valence-electron chi connectivity index (χ0n) is 17.8. The highest BCUT2D eigenvalue weighted by atomic mass is 16.6. The van der Waals surface area contributed by atoms with Crippen LogP contribution in [-0.4, -0.2) is 29.1 Å². The minimum atomic E-state index is -0.895. The Kier molecular flexibility index (Phi) is 17.9. The molecule has 0 amide bonds. The molecule has 0 aromatic carbocycles. The minimum Gasteiger partial charge on any atom is -0.481 e. The maximum Gasteiger partial charge on any atom is 0.330 e. The number of esters is 2. The minimum absolute atomic E-state index is 0.0136. The lowest BCUT2D eigenvalue weighted by atomic mass is 10.0. The molecule has 1 unspecified atom stereocenters. The molecule has 0 radical (unpaired) electrons.